The fraction of sp³-hybridized carbons (Fsp3) is 0.143. The summed E-state index contributed by atoms with van der Waals surface area (Å²) in [6.45, 7) is 0.679. The number of rotatable bonds is 8. The van der Waals surface area contributed by atoms with Crippen LogP contribution in [0, 0.1) is 15.9 Å². The molecule has 0 aromatic heterocycles. The Morgan fingerprint density at radius 1 is 1.13 bits per heavy atom. The van der Waals surface area contributed by atoms with E-state index < -0.39 is 10.7 Å². The third-order valence-electron chi connectivity index (χ3n) is 4.24. The lowest BCUT2D eigenvalue weighted by Crippen LogP contribution is -2.03. The second kappa shape index (κ2) is 9.77. The first kappa shape index (κ1) is 21.9. The van der Waals surface area contributed by atoms with Crippen LogP contribution in [0.1, 0.15) is 11.1 Å². The highest BCUT2D eigenvalue weighted by Crippen LogP contribution is 2.37. The van der Waals surface area contributed by atoms with Gasteiger partial charge in [-0.15, -0.1) is 0 Å². The fourth-order valence-electron chi connectivity index (χ4n) is 2.69. The standard InChI is InChI=1S/C21H17BrClFN2O4/c1-29-20-9-14(11-25-15-4-7-19(24)18(23)10-15)8-17(22)21(20)30-12-13-2-5-16(6-3-13)26(27)28/h2-10,25H,11-12H2,1H3. The van der Waals surface area contributed by atoms with Crippen molar-refractivity contribution in [2.24, 2.45) is 0 Å². The van der Waals surface area contributed by atoms with Crippen LogP contribution in [0.4, 0.5) is 15.8 Å². The monoisotopic (exact) mass is 494 g/mol. The zero-order valence-corrected chi connectivity index (χ0v) is 18.2. The molecule has 0 heterocycles. The van der Waals surface area contributed by atoms with Crippen LogP contribution >= 0.6 is 27.5 Å². The molecule has 30 heavy (non-hydrogen) atoms. The van der Waals surface area contributed by atoms with Gasteiger partial charge in [0.05, 0.1) is 21.5 Å². The largest absolute Gasteiger partial charge is 0.493 e. The molecule has 3 aromatic carbocycles. The Balaban J connectivity index is 1.70. The van der Waals surface area contributed by atoms with Gasteiger partial charge in [0, 0.05) is 24.4 Å². The average Bonchev–Trinajstić information content (AvgIpc) is 2.73. The number of hydrogen-bond acceptors (Lipinski definition) is 5. The van der Waals surface area contributed by atoms with Crippen molar-refractivity contribution in [3.8, 4) is 11.5 Å². The van der Waals surface area contributed by atoms with Crippen LogP contribution in [0.15, 0.2) is 59.1 Å². The van der Waals surface area contributed by atoms with Crippen LogP contribution in [-0.2, 0) is 13.2 Å². The highest BCUT2D eigenvalue weighted by molar-refractivity contribution is 9.10. The van der Waals surface area contributed by atoms with Crippen LogP contribution in [0.2, 0.25) is 5.02 Å². The normalized spacial score (nSPS) is 10.5. The summed E-state index contributed by atoms with van der Waals surface area (Å²) in [5.41, 5.74) is 2.40. The zero-order valence-electron chi connectivity index (χ0n) is 15.8. The Bertz CT molecular complexity index is 1060. The van der Waals surface area contributed by atoms with Crippen molar-refractivity contribution in [2.45, 2.75) is 13.2 Å². The molecule has 0 aliphatic rings. The third kappa shape index (κ3) is 5.40. The predicted octanol–water partition coefficient (Wildman–Crippen LogP) is 6.35. The van der Waals surface area contributed by atoms with Crippen molar-refractivity contribution in [1.82, 2.24) is 0 Å². The van der Waals surface area contributed by atoms with E-state index in [-0.39, 0.29) is 17.3 Å². The minimum Gasteiger partial charge on any atom is -0.493 e. The molecule has 0 amide bonds. The van der Waals surface area contributed by atoms with Crippen LogP contribution in [0.3, 0.4) is 0 Å². The Hall–Kier alpha value is -2.84. The van der Waals surface area contributed by atoms with Gasteiger partial charge in [0.15, 0.2) is 11.5 Å². The van der Waals surface area contributed by atoms with E-state index in [1.165, 1.54) is 31.4 Å². The van der Waals surface area contributed by atoms with Gasteiger partial charge in [-0.3, -0.25) is 10.1 Å². The van der Waals surface area contributed by atoms with E-state index in [4.69, 9.17) is 21.1 Å². The van der Waals surface area contributed by atoms with Gasteiger partial charge >= 0.3 is 0 Å². The number of anilines is 1. The lowest BCUT2D eigenvalue weighted by molar-refractivity contribution is -0.384. The zero-order chi connectivity index (χ0) is 21.7. The molecule has 0 radical (unpaired) electrons. The first-order chi connectivity index (χ1) is 14.4. The highest BCUT2D eigenvalue weighted by Gasteiger charge is 2.13. The van der Waals surface area contributed by atoms with Crippen LogP contribution in [0.25, 0.3) is 0 Å². The number of methoxy groups -OCH3 is 1. The summed E-state index contributed by atoms with van der Waals surface area (Å²) in [5, 5.41) is 14.0. The molecule has 0 aliphatic heterocycles. The second-order valence-electron chi connectivity index (χ2n) is 6.30. The summed E-state index contributed by atoms with van der Waals surface area (Å²) in [5.74, 6) is 0.575. The van der Waals surface area contributed by atoms with E-state index in [9.17, 15) is 14.5 Å². The number of nitro groups is 1. The quantitative estimate of drug-likeness (QED) is 0.291. The van der Waals surface area contributed by atoms with Crippen LogP contribution in [-0.4, -0.2) is 12.0 Å². The van der Waals surface area contributed by atoms with Gasteiger partial charge < -0.3 is 14.8 Å². The molecule has 0 saturated carbocycles. The molecule has 9 heteroatoms. The average molecular weight is 496 g/mol. The minimum absolute atomic E-state index is 0.0248. The van der Waals surface area contributed by atoms with Crippen LogP contribution < -0.4 is 14.8 Å². The van der Waals surface area contributed by atoms with Crippen molar-refractivity contribution in [1.29, 1.82) is 0 Å². The molecular formula is C21H17BrClFN2O4. The Morgan fingerprint density at radius 3 is 2.50 bits per heavy atom. The van der Waals surface area contributed by atoms with Gasteiger partial charge in [-0.1, -0.05) is 11.6 Å². The van der Waals surface area contributed by atoms with Gasteiger partial charge in [-0.05, 0) is 69.5 Å². The number of nitrogens with zero attached hydrogens (tertiary/aromatic N) is 1. The van der Waals surface area contributed by atoms with Gasteiger partial charge in [-0.2, -0.15) is 0 Å². The number of ether oxygens (including phenoxy) is 2. The fourth-order valence-corrected chi connectivity index (χ4v) is 3.48. The summed E-state index contributed by atoms with van der Waals surface area (Å²) in [6.07, 6.45) is 0. The first-order valence-corrected chi connectivity index (χ1v) is 9.96. The lowest BCUT2D eigenvalue weighted by atomic mass is 10.2. The van der Waals surface area contributed by atoms with E-state index >= 15 is 0 Å². The smallest absolute Gasteiger partial charge is 0.269 e. The van der Waals surface area contributed by atoms with Crippen molar-refractivity contribution < 1.29 is 18.8 Å². The van der Waals surface area contributed by atoms with E-state index in [1.807, 2.05) is 12.1 Å². The van der Waals surface area contributed by atoms with Crippen molar-refractivity contribution in [3.05, 3.63) is 91.2 Å². The van der Waals surface area contributed by atoms with Crippen molar-refractivity contribution >= 4 is 38.9 Å². The summed E-state index contributed by atoms with van der Waals surface area (Å²) in [6, 6.07) is 14.3. The third-order valence-corrected chi connectivity index (χ3v) is 5.11. The second-order valence-corrected chi connectivity index (χ2v) is 7.57. The number of halogens is 3. The molecule has 3 rings (SSSR count). The molecule has 0 unspecified atom stereocenters. The number of nitro benzene ring substituents is 1. The van der Waals surface area contributed by atoms with Gasteiger partial charge in [0.25, 0.3) is 5.69 Å². The van der Waals surface area contributed by atoms with Crippen LogP contribution in [0.5, 0.6) is 11.5 Å². The number of non-ortho nitro benzene ring substituents is 1. The molecule has 0 spiro atoms. The van der Waals surface area contributed by atoms with E-state index in [0.717, 1.165) is 11.1 Å². The number of benzene rings is 3. The summed E-state index contributed by atoms with van der Waals surface area (Å²) < 4.78 is 25.3. The molecule has 1 N–H and O–H groups in total. The topological polar surface area (TPSA) is 73.6 Å². The minimum atomic E-state index is -0.471. The van der Waals surface area contributed by atoms with E-state index in [1.54, 1.807) is 18.2 Å². The summed E-state index contributed by atoms with van der Waals surface area (Å²) in [4.78, 5) is 10.3. The van der Waals surface area contributed by atoms with Crippen molar-refractivity contribution in [3.63, 3.8) is 0 Å². The number of nitrogens with one attached hydrogen (secondary N) is 1. The molecule has 0 fully saturated rings. The molecule has 0 saturated heterocycles. The first-order valence-electron chi connectivity index (χ1n) is 8.79. The summed E-state index contributed by atoms with van der Waals surface area (Å²) >= 11 is 9.30. The van der Waals surface area contributed by atoms with Crippen molar-refractivity contribution in [2.75, 3.05) is 12.4 Å². The lowest BCUT2D eigenvalue weighted by Gasteiger charge is -2.15. The maximum Gasteiger partial charge on any atom is 0.269 e. The Kier molecular flexibility index (Phi) is 7.12. The number of hydrogen-bond donors (Lipinski definition) is 1. The Labute approximate surface area is 185 Å². The molecule has 0 bridgehead atoms. The molecular weight excluding hydrogens is 479 g/mol. The maximum atomic E-state index is 13.3. The van der Waals surface area contributed by atoms with E-state index in [0.29, 0.717) is 28.2 Å². The molecule has 0 aliphatic carbocycles. The van der Waals surface area contributed by atoms with Gasteiger partial charge in [0.1, 0.15) is 12.4 Å². The molecule has 3 aromatic rings. The SMILES string of the molecule is COc1cc(CNc2ccc(F)c(Cl)c2)cc(Br)c1OCc1ccc([N+](=O)[O-])cc1. The molecule has 156 valence electrons. The van der Waals surface area contributed by atoms with E-state index in [2.05, 4.69) is 21.2 Å². The Morgan fingerprint density at radius 2 is 1.87 bits per heavy atom. The van der Waals surface area contributed by atoms with Gasteiger partial charge in [0.2, 0.25) is 0 Å². The highest BCUT2D eigenvalue weighted by atomic mass is 79.9. The summed E-state index contributed by atoms with van der Waals surface area (Å²) in [7, 11) is 1.54. The maximum absolute atomic E-state index is 13.3. The predicted molar refractivity (Wildman–Crippen MR) is 117 cm³/mol. The molecule has 0 atom stereocenters. The molecule has 6 nitrogen and oxygen atoms in total. The van der Waals surface area contributed by atoms with Gasteiger partial charge in [-0.25, -0.2) is 4.39 Å².